The molecule has 0 unspecified atom stereocenters. The molecule has 0 atom stereocenters. The lowest BCUT2D eigenvalue weighted by molar-refractivity contribution is -0.142. The van der Waals surface area contributed by atoms with E-state index in [9.17, 15) is 31.5 Å². The Morgan fingerprint density at radius 2 is 1.82 bits per heavy atom. The van der Waals surface area contributed by atoms with Gasteiger partial charge < -0.3 is 9.84 Å². The van der Waals surface area contributed by atoms with Gasteiger partial charge in [0.25, 0.3) is 0 Å². The number of aromatic nitrogens is 3. The molecular weight excluding hydrogens is 598 g/mol. The van der Waals surface area contributed by atoms with Crippen LogP contribution in [0.15, 0.2) is 59.6 Å². The van der Waals surface area contributed by atoms with Crippen molar-refractivity contribution in [2.45, 2.75) is 30.5 Å². The van der Waals surface area contributed by atoms with Crippen LogP contribution in [0.25, 0.3) is 16.9 Å². The highest BCUT2D eigenvalue weighted by Crippen LogP contribution is 2.35. The van der Waals surface area contributed by atoms with Crippen molar-refractivity contribution in [3.05, 3.63) is 70.5 Å². The third-order valence-corrected chi connectivity index (χ3v) is 7.78. The molecule has 40 heavy (non-hydrogen) atoms. The first-order valence-electron chi connectivity index (χ1n) is 11.2. The van der Waals surface area contributed by atoms with Crippen molar-refractivity contribution in [3.8, 4) is 17.0 Å². The molecule has 2 heterocycles. The number of aliphatic hydroxyl groups is 1. The van der Waals surface area contributed by atoms with Crippen LogP contribution in [0, 0.1) is 0 Å². The summed E-state index contributed by atoms with van der Waals surface area (Å²) in [5.74, 6) is -0.403. The fourth-order valence-corrected chi connectivity index (χ4v) is 5.21. The predicted octanol–water partition coefficient (Wildman–Crippen LogP) is 5.38. The van der Waals surface area contributed by atoms with Crippen LogP contribution < -0.4 is 14.8 Å². The normalized spacial score (nSPS) is 12.5. The average molecular weight is 618 g/mol. The van der Waals surface area contributed by atoms with Crippen molar-refractivity contribution >= 4 is 50.7 Å². The van der Waals surface area contributed by atoms with E-state index in [1.807, 2.05) is 0 Å². The number of amides is 1. The predicted molar refractivity (Wildman–Crippen MR) is 141 cm³/mol. The van der Waals surface area contributed by atoms with Gasteiger partial charge in [0.1, 0.15) is 0 Å². The number of nitrogens with one attached hydrogen (secondary N) is 2. The Balaban J connectivity index is 1.64. The van der Waals surface area contributed by atoms with E-state index in [0.29, 0.717) is 4.52 Å². The maximum Gasteiger partial charge on any atom is 0.433 e. The van der Waals surface area contributed by atoms with E-state index in [2.05, 4.69) is 20.1 Å². The summed E-state index contributed by atoms with van der Waals surface area (Å²) in [6.07, 6.45) is -5.11. The summed E-state index contributed by atoms with van der Waals surface area (Å²) >= 11 is 11.9. The van der Waals surface area contributed by atoms with Crippen molar-refractivity contribution in [2.24, 2.45) is 0 Å². The zero-order valence-corrected chi connectivity index (χ0v) is 23.0. The van der Waals surface area contributed by atoms with Crippen LogP contribution in [-0.2, 0) is 16.2 Å². The molecule has 2 aromatic carbocycles. The molecule has 212 valence electrons. The number of carbonyl (C=O) groups excluding carboxylic acids is 1. The quantitative estimate of drug-likeness (QED) is 0.253. The van der Waals surface area contributed by atoms with Crippen LogP contribution in [0.4, 0.5) is 23.7 Å². The molecule has 0 aliphatic rings. The third kappa shape index (κ3) is 6.47. The lowest BCUT2D eigenvalue weighted by Gasteiger charge is -2.23. The second kappa shape index (κ2) is 10.9. The molecule has 0 saturated carbocycles. The van der Waals surface area contributed by atoms with E-state index in [1.54, 1.807) is 0 Å². The molecule has 0 radical (unpaired) electrons. The zero-order valence-electron chi connectivity index (χ0n) is 20.6. The molecule has 2 aromatic heterocycles. The zero-order chi connectivity index (χ0) is 29.5. The average Bonchev–Trinajstić information content (AvgIpc) is 3.26. The Labute approximate surface area is 235 Å². The van der Waals surface area contributed by atoms with Crippen LogP contribution in [0.1, 0.15) is 19.5 Å². The van der Waals surface area contributed by atoms with Gasteiger partial charge in [-0.25, -0.2) is 27.4 Å². The highest BCUT2D eigenvalue weighted by molar-refractivity contribution is 7.89. The van der Waals surface area contributed by atoms with E-state index >= 15 is 0 Å². The summed E-state index contributed by atoms with van der Waals surface area (Å²) in [7, 11) is -4.07. The highest BCUT2D eigenvalue weighted by Gasteiger charge is 2.36. The lowest BCUT2D eigenvalue weighted by Crippen LogP contribution is -2.46. The number of halogens is 5. The molecule has 10 nitrogen and oxygen atoms in total. The molecule has 0 aliphatic carbocycles. The smallest absolute Gasteiger partial charge is 0.404 e. The number of nitrogens with zero attached hydrogens (tertiary/aromatic N) is 3. The molecule has 0 aliphatic heterocycles. The Morgan fingerprint density at radius 3 is 2.48 bits per heavy atom. The fraction of sp³-hybridized carbons (Fsp3) is 0.208. The molecule has 0 spiro atoms. The van der Waals surface area contributed by atoms with Gasteiger partial charge in [-0.3, -0.25) is 5.32 Å². The van der Waals surface area contributed by atoms with Gasteiger partial charge in [-0.15, -0.1) is 0 Å². The number of hydrogen-bond donors (Lipinski definition) is 3. The van der Waals surface area contributed by atoms with Crippen LogP contribution in [-0.4, -0.2) is 46.4 Å². The van der Waals surface area contributed by atoms with Gasteiger partial charge in [0.2, 0.25) is 10.0 Å². The molecule has 0 bridgehead atoms. The van der Waals surface area contributed by atoms with E-state index in [1.165, 1.54) is 50.2 Å². The van der Waals surface area contributed by atoms with Gasteiger partial charge in [0.15, 0.2) is 17.1 Å². The number of fused-ring (bicyclic) bond motifs is 1. The van der Waals surface area contributed by atoms with E-state index in [-0.39, 0.29) is 31.9 Å². The first kappa shape index (κ1) is 29.6. The SMILES string of the molecule is CC(C)(CO)NS(=O)(=O)c1cccc(NC(=O)Oc2cnn3c(C(F)(F)F)cc(-c4ccc(Cl)c(Cl)c4)nc23)c1. The van der Waals surface area contributed by atoms with Crippen LogP contribution in [0.2, 0.25) is 10.0 Å². The Hall–Kier alpha value is -3.43. The fourth-order valence-electron chi connectivity index (χ4n) is 3.46. The van der Waals surface area contributed by atoms with E-state index < -0.39 is 51.5 Å². The number of sulfonamides is 1. The number of rotatable bonds is 7. The Morgan fingerprint density at radius 1 is 1.10 bits per heavy atom. The van der Waals surface area contributed by atoms with Gasteiger partial charge in [-0.1, -0.05) is 35.3 Å². The molecule has 0 fully saturated rings. The van der Waals surface area contributed by atoms with Crippen LogP contribution >= 0.6 is 23.2 Å². The standard InChI is InChI=1S/C24H20Cl2F3N5O5S/c1-23(2,12-35)33-40(37,38)15-5-3-4-14(9-15)31-22(36)39-19-11-30-34-20(24(27,28)29)10-18(32-21(19)34)13-6-7-16(25)17(26)8-13/h3-11,33,35H,12H2,1-2H3,(H,31,36). The van der Waals surface area contributed by atoms with Gasteiger partial charge in [-0.05, 0) is 50.2 Å². The summed E-state index contributed by atoms with van der Waals surface area (Å²) in [4.78, 5) is 16.6. The van der Waals surface area contributed by atoms with E-state index in [0.717, 1.165) is 18.3 Å². The van der Waals surface area contributed by atoms with Crippen molar-refractivity contribution in [2.75, 3.05) is 11.9 Å². The minimum Gasteiger partial charge on any atom is -0.404 e. The van der Waals surface area contributed by atoms with Crippen molar-refractivity contribution < 1.29 is 36.2 Å². The molecule has 4 aromatic rings. The van der Waals surface area contributed by atoms with Gasteiger partial charge in [-0.2, -0.15) is 18.3 Å². The third-order valence-electron chi connectivity index (χ3n) is 5.34. The van der Waals surface area contributed by atoms with Gasteiger partial charge in [0.05, 0.1) is 39.0 Å². The minimum absolute atomic E-state index is 0.00610. The van der Waals surface area contributed by atoms with Gasteiger partial charge >= 0.3 is 12.3 Å². The number of ether oxygens (including phenoxy) is 1. The van der Waals surface area contributed by atoms with E-state index in [4.69, 9.17) is 27.9 Å². The molecule has 3 N–H and O–H groups in total. The second-order valence-corrected chi connectivity index (χ2v) is 11.6. The summed E-state index contributed by atoms with van der Waals surface area (Å²) in [6.45, 7) is 2.49. The maximum atomic E-state index is 13.9. The second-order valence-electron chi connectivity index (χ2n) is 9.09. The first-order chi connectivity index (χ1) is 18.6. The number of alkyl halides is 3. The summed E-state index contributed by atoms with van der Waals surface area (Å²) in [6, 6.07) is 10.1. The molecule has 4 rings (SSSR count). The number of aliphatic hydroxyl groups excluding tert-OH is 1. The number of benzene rings is 2. The van der Waals surface area contributed by atoms with Crippen molar-refractivity contribution in [1.82, 2.24) is 19.3 Å². The monoisotopic (exact) mass is 617 g/mol. The van der Waals surface area contributed by atoms with Crippen molar-refractivity contribution in [1.29, 1.82) is 0 Å². The topological polar surface area (TPSA) is 135 Å². The van der Waals surface area contributed by atoms with Crippen molar-refractivity contribution in [3.63, 3.8) is 0 Å². The number of carbonyl (C=O) groups is 1. The molecular formula is C24H20Cl2F3N5O5S. The highest BCUT2D eigenvalue weighted by atomic mass is 35.5. The summed E-state index contributed by atoms with van der Waals surface area (Å²) in [5, 5.41) is 15.6. The molecule has 16 heteroatoms. The molecule has 0 saturated heterocycles. The Kier molecular flexibility index (Phi) is 8.02. The largest absolute Gasteiger partial charge is 0.433 e. The van der Waals surface area contributed by atoms with Gasteiger partial charge in [0, 0.05) is 11.3 Å². The summed E-state index contributed by atoms with van der Waals surface area (Å²) in [5.41, 5.74) is -2.67. The first-order valence-corrected chi connectivity index (χ1v) is 13.5. The van der Waals surface area contributed by atoms with Crippen LogP contribution in [0.5, 0.6) is 5.75 Å². The summed E-state index contributed by atoms with van der Waals surface area (Å²) < 4.78 is 74.9. The number of anilines is 1. The van der Waals surface area contributed by atoms with Crippen LogP contribution in [0.3, 0.4) is 0 Å². The lowest BCUT2D eigenvalue weighted by atomic mass is 10.1. The minimum atomic E-state index is -4.84. The maximum absolute atomic E-state index is 13.9. The number of hydrogen-bond acceptors (Lipinski definition) is 7. The Bertz CT molecular complexity index is 1710. The molecule has 1 amide bonds.